The quantitative estimate of drug-likeness (QED) is 0.0938. The maximum Gasteiger partial charge on any atom is 0.407 e. The summed E-state index contributed by atoms with van der Waals surface area (Å²) in [5, 5.41) is 15.7. The number of ether oxygens (including phenoxy) is 10. The minimum atomic E-state index is -1.78. The Kier molecular flexibility index (Phi) is 22.0. The van der Waals surface area contributed by atoms with Crippen molar-refractivity contribution in [2.45, 2.75) is 138 Å². The molecule has 0 aromatic rings. The molecule has 64 heavy (non-hydrogen) atoms. The molecular formula is C43H70Cl6N2O13. The molecule has 8 unspecified atom stereocenters. The Labute approximate surface area is 409 Å². The monoisotopic (exact) mass is 1030 g/mol. The van der Waals surface area contributed by atoms with Gasteiger partial charge in [0.1, 0.15) is 13.2 Å². The molecule has 0 radical (unpaired) electrons. The first-order chi connectivity index (χ1) is 29.9. The maximum atomic E-state index is 12.8. The van der Waals surface area contributed by atoms with Gasteiger partial charge in [-0.25, -0.2) is 9.59 Å². The summed E-state index contributed by atoms with van der Waals surface area (Å²) in [6.07, 6.45) is -4.45. The zero-order chi connectivity index (χ0) is 47.8. The minimum Gasteiger partial charge on any atom is -0.445 e. The van der Waals surface area contributed by atoms with E-state index in [0.29, 0.717) is 0 Å². The molecule has 4 heterocycles. The van der Waals surface area contributed by atoms with E-state index in [1.165, 1.54) is 0 Å². The van der Waals surface area contributed by atoms with Gasteiger partial charge in [-0.05, 0) is 47.3 Å². The second-order valence-electron chi connectivity index (χ2n) is 18.3. The van der Waals surface area contributed by atoms with Gasteiger partial charge in [-0.2, -0.15) is 0 Å². The lowest BCUT2D eigenvalue weighted by Crippen LogP contribution is -2.59. The van der Waals surface area contributed by atoms with Gasteiger partial charge in [0.05, 0.1) is 69.5 Å². The number of alkyl carbamates (subject to hydrolysis) is 2. The number of carbonyl (C=O) groups excluding carboxylic acids is 2. The topological polar surface area (TPSA) is 171 Å². The Balaban J connectivity index is 1.37. The standard InChI is InChI=1S/C43H70Cl6N2O13/c1-12-13-55-38-34(50-40(53)59-18-42(44,45)46)27(9)25(7)33(64-38)16-57-37-28(10)20(2)22(4)31(62-37)15-56-36-29(11)21(3)23(5)32(63-36)17-58-39-35(26(8)24(6)30(14-52)61-39)51-41(54)60-19-43(47,48)49/h12,20-39,52H,1,13-19H2,2-11H3,(H,50,53)(H,51,54)/t20-,21-,22-,23-,24-,25-,26-,27-,28?,29?,30?,31?,32?,33?,34?,35?,36+,37+,38+,39+/m0/s1. The number of amides is 2. The highest BCUT2D eigenvalue weighted by molar-refractivity contribution is 6.68. The average Bonchev–Trinajstić information content (AvgIpc) is 3.23. The van der Waals surface area contributed by atoms with E-state index in [1.54, 1.807) is 6.08 Å². The summed E-state index contributed by atoms with van der Waals surface area (Å²) in [7, 11) is 0. The molecule has 2 amide bonds. The first-order valence-electron chi connectivity index (χ1n) is 22.2. The summed E-state index contributed by atoms with van der Waals surface area (Å²) in [5.74, 6) is 0.233. The summed E-state index contributed by atoms with van der Waals surface area (Å²) < 4.78 is 58.1. The van der Waals surface area contributed by atoms with Crippen LogP contribution in [-0.4, -0.2) is 133 Å². The number of rotatable bonds is 17. The van der Waals surface area contributed by atoms with Gasteiger partial charge in [0.2, 0.25) is 7.59 Å². The number of hydrogen-bond donors (Lipinski definition) is 3. The van der Waals surface area contributed by atoms with Crippen LogP contribution >= 0.6 is 69.6 Å². The van der Waals surface area contributed by atoms with Crippen LogP contribution in [0.25, 0.3) is 0 Å². The van der Waals surface area contributed by atoms with E-state index in [2.05, 4.69) is 58.8 Å². The lowest BCUT2D eigenvalue weighted by molar-refractivity contribution is -0.308. The van der Waals surface area contributed by atoms with E-state index < -0.39 is 82.4 Å². The summed E-state index contributed by atoms with van der Waals surface area (Å²) in [6.45, 7) is 24.2. The van der Waals surface area contributed by atoms with Gasteiger partial charge in [-0.3, -0.25) is 0 Å². The number of nitrogens with one attached hydrogen (secondary N) is 2. The van der Waals surface area contributed by atoms with E-state index in [1.807, 2.05) is 27.7 Å². The summed E-state index contributed by atoms with van der Waals surface area (Å²) in [4.78, 5) is 25.4. The maximum absolute atomic E-state index is 12.8. The third kappa shape index (κ3) is 15.6. The van der Waals surface area contributed by atoms with Crippen LogP contribution in [0.3, 0.4) is 0 Å². The molecular weight excluding hydrogens is 965 g/mol. The van der Waals surface area contributed by atoms with E-state index in [0.717, 1.165) is 0 Å². The molecule has 0 bridgehead atoms. The van der Waals surface area contributed by atoms with E-state index in [4.69, 9.17) is 117 Å². The van der Waals surface area contributed by atoms with Crippen molar-refractivity contribution in [2.24, 2.45) is 59.2 Å². The Hall–Kier alpha value is -0.340. The van der Waals surface area contributed by atoms with Gasteiger partial charge in [-0.15, -0.1) is 6.58 Å². The molecule has 20 atom stereocenters. The highest BCUT2D eigenvalue weighted by Gasteiger charge is 2.48. The Morgan fingerprint density at radius 3 is 1.22 bits per heavy atom. The van der Waals surface area contributed by atoms with Crippen LogP contribution < -0.4 is 10.6 Å². The Morgan fingerprint density at radius 1 is 0.516 bits per heavy atom. The van der Waals surface area contributed by atoms with Crippen LogP contribution in [0.4, 0.5) is 9.59 Å². The molecule has 4 aliphatic heterocycles. The molecule has 0 aliphatic carbocycles. The van der Waals surface area contributed by atoms with Crippen molar-refractivity contribution in [1.82, 2.24) is 10.6 Å². The molecule has 4 fully saturated rings. The zero-order valence-electron chi connectivity index (χ0n) is 38.4. The fourth-order valence-electron chi connectivity index (χ4n) is 8.79. The molecule has 15 nitrogen and oxygen atoms in total. The van der Waals surface area contributed by atoms with Crippen LogP contribution in [0.1, 0.15) is 69.2 Å². The predicted octanol–water partition coefficient (Wildman–Crippen LogP) is 8.42. The number of aliphatic hydroxyl groups is 1. The molecule has 0 aromatic heterocycles. The van der Waals surface area contributed by atoms with Crippen LogP contribution in [0.2, 0.25) is 0 Å². The molecule has 4 saturated heterocycles. The minimum absolute atomic E-state index is 0.0408. The van der Waals surface area contributed by atoms with Crippen molar-refractivity contribution < 1.29 is 62.1 Å². The van der Waals surface area contributed by atoms with E-state index >= 15 is 0 Å². The van der Waals surface area contributed by atoms with Crippen molar-refractivity contribution in [3.05, 3.63) is 12.7 Å². The van der Waals surface area contributed by atoms with Crippen molar-refractivity contribution >= 4 is 81.8 Å². The molecule has 0 saturated carbocycles. The zero-order valence-corrected chi connectivity index (χ0v) is 42.9. The SMILES string of the molecule is C=CCO[C@@H]1OC(CO[C@@H]2OC(CO[C@@H]3OC(CO[C@@H]4OC(CO)[C@@H](C)[C@H](C)C4NC(=O)OCC(Cl)(Cl)Cl)[C@@H](C)[C@H](C)C3C)[C@@H](C)[C@H](C)C2C)[C@@H](C)[C@H](C)C1NC(=O)OCC(Cl)(Cl)Cl. The summed E-state index contributed by atoms with van der Waals surface area (Å²) >= 11 is 34.7. The number of hydrogen-bond acceptors (Lipinski definition) is 13. The van der Waals surface area contributed by atoms with Crippen molar-refractivity contribution in [2.75, 3.05) is 46.2 Å². The first kappa shape index (κ1) is 56.2. The molecule has 3 N–H and O–H groups in total. The van der Waals surface area contributed by atoms with E-state index in [-0.39, 0.29) is 104 Å². The number of alkyl halides is 6. The molecule has 0 aromatic carbocycles. The second-order valence-corrected chi connectivity index (χ2v) is 23.3. The Bertz CT molecular complexity index is 1480. The third-order valence-corrected chi connectivity index (χ3v) is 14.9. The Morgan fingerprint density at radius 2 is 0.844 bits per heavy atom. The number of halogens is 6. The van der Waals surface area contributed by atoms with Crippen molar-refractivity contribution in [3.8, 4) is 0 Å². The third-order valence-electron chi connectivity index (χ3n) is 14.3. The second kappa shape index (κ2) is 25.0. The summed E-state index contributed by atoms with van der Waals surface area (Å²) in [6, 6.07) is -1.21. The first-order valence-corrected chi connectivity index (χ1v) is 24.4. The van der Waals surface area contributed by atoms with Crippen LogP contribution in [-0.2, 0) is 47.4 Å². The molecule has 372 valence electrons. The van der Waals surface area contributed by atoms with Crippen LogP contribution in [0.15, 0.2) is 12.7 Å². The fraction of sp³-hybridized carbons (Fsp3) is 0.907. The highest BCUT2D eigenvalue weighted by Crippen LogP contribution is 2.41. The van der Waals surface area contributed by atoms with Crippen molar-refractivity contribution in [3.63, 3.8) is 0 Å². The largest absolute Gasteiger partial charge is 0.445 e. The van der Waals surface area contributed by atoms with Gasteiger partial charge in [-0.1, -0.05) is 145 Å². The van der Waals surface area contributed by atoms with Gasteiger partial charge >= 0.3 is 12.2 Å². The van der Waals surface area contributed by atoms with Gasteiger partial charge in [0.25, 0.3) is 0 Å². The van der Waals surface area contributed by atoms with Gasteiger partial charge in [0, 0.05) is 11.8 Å². The van der Waals surface area contributed by atoms with Crippen molar-refractivity contribution in [1.29, 1.82) is 0 Å². The van der Waals surface area contributed by atoms with Crippen LogP contribution in [0, 0.1) is 59.2 Å². The number of carbonyl (C=O) groups is 2. The fourth-order valence-corrected chi connectivity index (χ4v) is 9.12. The van der Waals surface area contributed by atoms with Gasteiger partial charge < -0.3 is 63.1 Å². The molecule has 0 spiro atoms. The summed E-state index contributed by atoms with van der Waals surface area (Å²) in [5.41, 5.74) is 0. The molecule has 4 aliphatic rings. The van der Waals surface area contributed by atoms with Gasteiger partial charge in [0.15, 0.2) is 25.2 Å². The smallest absolute Gasteiger partial charge is 0.407 e. The average molecular weight is 1040 g/mol. The normalized spacial score (nSPS) is 40.9. The number of aliphatic hydroxyl groups excluding tert-OH is 1. The lowest BCUT2D eigenvalue weighted by atomic mass is 9.78. The lowest BCUT2D eigenvalue weighted by Gasteiger charge is -2.47. The van der Waals surface area contributed by atoms with E-state index in [9.17, 15) is 14.7 Å². The highest BCUT2D eigenvalue weighted by atomic mass is 35.6. The molecule has 21 heteroatoms. The predicted molar refractivity (Wildman–Crippen MR) is 244 cm³/mol. The van der Waals surface area contributed by atoms with Crippen LogP contribution in [0.5, 0.6) is 0 Å². The molecule has 4 rings (SSSR count).